The number of piperidine rings is 1. The maximum atomic E-state index is 11.7. The summed E-state index contributed by atoms with van der Waals surface area (Å²) >= 11 is 0. The summed E-state index contributed by atoms with van der Waals surface area (Å²) in [7, 11) is 1.68. The van der Waals surface area contributed by atoms with Gasteiger partial charge in [0.1, 0.15) is 0 Å². The van der Waals surface area contributed by atoms with Gasteiger partial charge in [0, 0.05) is 32.1 Å². The van der Waals surface area contributed by atoms with Gasteiger partial charge in [-0.1, -0.05) is 19.4 Å². The molecule has 0 saturated carbocycles. The molecule has 1 aliphatic rings. The normalized spacial score (nSPS) is 17.7. The molecule has 1 fully saturated rings. The number of carbonyl (C=O) groups excluding carboxylic acids is 1. The number of rotatable bonds is 10. The van der Waals surface area contributed by atoms with Crippen LogP contribution in [0.1, 0.15) is 44.6 Å². The van der Waals surface area contributed by atoms with Crippen molar-refractivity contribution in [1.29, 1.82) is 0 Å². The number of nitrogens with two attached hydrogens (primary N) is 1. The van der Waals surface area contributed by atoms with Crippen LogP contribution in [0.3, 0.4) is 0 Å². The number of nitrogens with zero attached hydrogens (tertiary/aromatic N) is 1. The smallest absolute Gasteiger partial charge is 0.221 e. The Morgan fingerprint density at radius 1 is 1.35 bits per heavy atom. The number of ether oxygens (including phenoxy) is 2. The molecule has 0 aromatic heterocycles. The van der Waals surface area contributed by atoms with Gasteiger partial charge >= 0.3 is 0 Å². The van der Waals surface area contributed by atoms with Gasteiger partial charge in [-0.25, -0.2) is 0 Å². The lowest BCUT2D eigenvalue weighted by molar-refractivity contribution is -0.121. The largest absolute Gasteiger partial charge is 0.493 e. The first-order valence-corrected chi connectivity index (χ1v) is 9.68. The van der Waals surface area contributed by atoms with Gasteiger partial charge < -0.3 is 20.5 Å². The van der Waals surface area contributed by atoms with Crippen molar-refractivity contribution in [3.05, 3.63) is 23.8 Å². The molecule has 1 amide bonds. The van der Waals surface area contributed by atoms with Crippen molar-refractivity contribution in [2.75, 3.05) is 33.4 Å². The van der Waals surface area contributed by atoms with Crippen molar-refractivity contribution < 1.29 is 14.3 Å². The number of methoxy groups -OCH3 is 1. The van der Waals surface area contributed by atoms with E-state index in [0.717, 1.165) is 37.4 Å². The van der Waals surface area contributed by atoms with E-state index in [4.69, 9.17) is 15.2 Å². The zero-order chi connectivity index (χ0) is 18.8. The SMILES string of the molecule is CCCOc1ccc(CN2CCCCC2CNC(=O)CCN)cc1OC. The highest BCUT2D eigenvalue weighted by Gasteiger charge is 2.23. The maximum Gasteiger partial charge on any atom is 0.221 e. The van der Waals surface area contributed by atoms with Crippen LogP contribution in [-0.2, 0) is 11.3 Å². The molecule has 1 saturated heterocycles. The Kier molecular flexibility index (Phi) is 8.71. The Morgan fingerprint density at radius 2 is 2.19 bits per heavy atom. The number of likely N-dealkylation sites (tertiary alicyclic amines) is 1. The van der Waals surface area contributed by atoms with Gasteiger partial charge in [-0.2, -0.15) is 0 Å². The number of nitrogens with one attached hydrogen (secondary N) is 1. The molecule has 2 rings (SSSR count). The van der Waals surface area contributed by atoms with Crippen molar-refractivity contribution in [2.24, 2.45) is 5.73 Å². The highest BCUT2D eigenvalue weighted by atomic mass is 16.5. The molecule has 6 nitrogen and oxygen atoms in total. The molecule has 146 valence electrons. The van der Waals surface area contributed by atoms with E-state index >= 15 is 0 Å². The number of carbonyl (C=O) groups is 1. The van der Waals surface area contributed by atoms with Crippen LogP contribution in [-0.4, -0.2) is 50.2 Å². The zero-order valence-corrected chi connectivity index (χ0v) is 16.1. The lowest BCUT2D eigenvalue weighted by Gasteiger charge is -2.36. The van der Waals surface area contributed by atoms with Crippen LogP contribution >= 0.6 is 0 Å². The Bertz CT molecular complexity index is 565. The minimum absolute atomic E-state index is 0.0390. The van der Waals surface area contributed by atoms with Crippen LogP contribution in [0.4, 0.5) is 0 Å². The van der Waals surface area contributed by atoms with Gasteiger partial charge in [-0.05, 0) is 43.5 Å². The molecule has 1 aliphatic heterocycles. The van der Waals surface area contributed by atoms with E-state index in [1.807, 2.05) is 6.07 Å². The Hall–Kier alpha value is -1.79. The molecule has 1 atom stereocenters. The van der Waals surface area contributed by atoms with Crippen LogP contribution in [0.2, 0.25) is 0 Å². The predicted molar refractivity (Wildman–Crippen MR) is 104 cm³/mol. The first-order valence-electron chi connectivity index (χ1n) is 9.68. The minimum atomic E-state index is 0.0390. The third-order valence-electron chi connectivity index (χ3n) is 4.73. The highest BCUT2D eigenvalue weighted by molar-refractivity contribution is 5.76. The van der Waals surface area contributed by atoms with Crippen LogP contribution in [0.15, 0.2) is 18.2 Å². The standard InChI is InChI=1S/C20H33N3O3/c1-3-12-26-18-8-7-16(13-19(18)25-2)15-23-11-5-4-6-17(23)14-22-20(24)9-10-21/h7-8,13,17H,3-6,9-12,14-15,21H2,1-2H3,(H,22,24). The molecule has 1 aromatic rings. The average molecular weight is 364 g/mol. The van der Waals surface area contributed by atoms with Crippen LogP contribution in [0, 0.1) is 0 Å². The number of hydrogen-bond donors (Lipinski definition) is 2. The van der Waals surface area contributed by atoms with Crippen molar-refractivity contribution >= 4 is 5.91 Å². The van der Waals surface area contributed by atoms with E-state index in [1.165, 1.54) is 18.4 Å². The van der Waals surface area contributed by atoms with E-state index in [9.17, 15) is 4.79 Å². The van der Waals surface area contributed by atoms with E-state index < -0.39 is 0 Å². The van der Waals surface area contributed by atoms with Gasteiger partial charge in [0.2, 0.25) is 5.91 Å². The molecule has 0 bridgehead atoms. The maximum absolute atomic E-state index is 11.7. The third kappa shape index (κ3) is 6.18. The quantitative estimate of drug-likeness (QED) is 0.667. The van der Waals surface area contributed by atoms with Crippen molar-refractivity contribution in [1.82, 2.24) is 10.2 Å². The monoisotopic (exact) mass is 363 g/mol. The molecule has 0 spiro atoms. The Morgan fingerprint density at radius 3 is 2.92 bits per heavy atom. The molecular weight excluding hydrogens is 330 g/mol. The van der Waals surface area contributed by atoms with Crippen molar-refractivity contribution in [3.63, 3.8) is 0 Å². The predicted octanol–water partition coefficient (Wildman–Crippen LogP) is 2.30. The van der Waals surface area contributed by atoms with Gasteiger partial charge in [0.25, 0.3) is 0 Å². The van der Waals surface area contributed by atoms with Gasteiger partial charge in [-0.15, -0.1) is 0 Å². The summed E-state index contributed by atoms with van der Waals surface area (Å²) < 4.78 is 11.2. The van der Waals surface area contributed by atoms with Gasteiger partial charge in [0.15, 0.2) is 11.5 Å². The molecule has 6 heteroatoms. The molecule has 0 radical (unpaired) electrons. The first-order chi connectivity index (χ1) is 12.7. The molecule has 1 unspecified atom stereocenters. The lowest BCUT2D eigenvalue weighted by atomic mass is 10.0. The molecule has 1 aromatic carbocycles. The van der Waals surface area contributed by atoms with Crippen molar-refractivity contribution in [3.8, 4) is 11.5 Å². The summed E-state index contributed by atoms with van der Waals surface area (Å²) in [5, 5.41) is 3.02. The van der Waals surface area contributed by atoms with Crippen LogP contribution in [0.25, 0.3) is 0 Å². The topological polar surface area (TPSA) is 76.8 Å². The summed E-state index contributed by atoms with van der Waals surface area (Å²) in [5.41, 5.74) is 6.64. The van der Waals surface area contributed by atoms with Crippen molar-refractivity contribution in [2.45, 2.75) is 51.6 Å². The fraction of sp³-hybridized carbons (Fsp3) is 0.650. The second-order valence-electron chi connectivity index (χ2n) is 6.80. The summed E-state index contributed by atoms with van der Waals surface area (Å²) in [4.78, 5) is 14.2. The van der Waals surface area contributed by atoms with E-state index in [1.54, 1.807) is 7.11 Å². The summed E-state index contributed by atoms with van der Waals surface area (Å²) in [6.07, 6.45) is 4.88. The van der Waals surface area contributed by atoms with E-state index in [0.29, 0.717) is 32.2 Å². The number of hydrogen-bond acceptors (Lipinski definition) is 5. The molecule has 26 heavy (non-hydrogen) atoms. The van der Waals surface area contributed by atoms with E-state index in [-0.39, 0.29) is 5.91 Å². The summed E-state index contributed by atoms with van der Waals surface area (Å²) in [6.45, 7) is 5.76. The van der Waals surface area contributed by atoms with Crippen LogP contribution < -0.4 is 20.5 Å². The molecular formula is C20H33N3O3. The molecule has 0 aliphatic carbocycles. The Labute approximate surface area is 157 Å². The third-order valence-corrected chi connectivity index (χ3v) is 4.73. The molecule has 3 N–H and O–H groups in total. The first kappa shape index (κ1) is 20.5. The number of amides is 1. The zero-order valence-electron chi connectivity index (χ0n) is 16.1. The molecule has 1 heterocycles. The number of benzene rings is 1. The fourth-order valence-electron chi connectivity index (χ4n) is 3.33. The summed E-state index contributed by atoms with van der Waals surface area (Å²) in [5.74, 6) is 1.61. The summed E-state index contributed by atoms with van der Waals surface area (Å²) in [6, 6.07) is 6.52. The van der Waals surface area contributed by atoms with E-state index in [2.05, 4.69) is 29.3 Å². The minimum Gasteiger partial charge on any atom is -0.493 e. The van der Waals surface area contributed by atoms with Gasteiger partial charge in [0.05, 0.1) is 13.7 Å². The average Bonchev–Trinajstić information content (AvgIpc) is 2.66. The van der Waals surface area contributed by atoms with Gasteiger partial charge in [-0.3, -0.25) is 9.69 Å². The second-order valence-corrected chi connectivity index (χ2v) is 6.80. The fourth-order valence-corrected chi connectivity index (χ4v) is 3.33. The van der Waals surface area contributed by atoms with Crippen LogP contribution in [0.5, 0.6) is 11.5 Å². The highest BCUT2D eigenvalue weighted by Crippen LogP contribution is 2.29. The lowest BCUT2D eigenvalue weighted by Crippen LogP contribution is -2.46. The Balaban J connectivity index is 1.98. The second kappa shape index (κ2) is 11.0.